The number of rotatable bonds is 16. The normalized spacial score (nSPS) is 13.0. The van der Waals surface area contributed by atoms with Gasteiger partial charge in [-0.05, 0) is 106 Å². The molecule has 46 heavy (non-hydrogen) atoms. The van der Waals surface area contributed by atoms with Crippen molar-refractivity contribution < 1.29 is 33.3 Å². The van der Waals surface area contributed by atoms with Crippen molar-refractivity contribution in [3.8, 4) is 17.2 Å². The summed E-state index contributed by atoms with van der Waals surface area (Å²) in [5.74, 6) is 0.520. The van der Waals surface area contributed by atoms with Crippen LogP contribution in [0.15, 0.2) is 47.6 Å². The number of hydrazone groups is 1. The van der Waals surface area contributed by atoms with Crippen molar-refractivity contribution in [3.63, 3.8) is 0 Å². The summed E-state index contributed by atoms with van der Waals surface area (Å²) < 4.78 is 22.6. The van der Waals surface area contributed by atoms with E-state index in [-0.39, 0.29) is 12.5 Å². The number of anilines is 1. The molecule has 0 bridgehead atoms. The average molecular weight is 650 g/mol. The van der Waals surface area contributed by atoms with Crippen LogP contribution in [0.25, 0.3) is 0 Å². The number of thiophene rings is 1. The summed E-state index contributed by atoms with van der Waals surface area (Å²) in [4.78, 5) is 39.6. The summed E-state index contributed by atoms with van der Waals surface area (Å²) in [7, 11) is 0. The summed E-state index contributed by atoms with van der Waals surface area (Å²) in [5.41, 5.74) is 5.08. The summed E-state index contributed by atoms with van der Waals surface area (Å²) >= 11 is 1.44. The van der Waals surface area contributed by atoms with Crippen LogP contribution < -0.4 is 25.0 Å². The number of nitrogens with zero attached hydrogens (tertiary/aromatic N) is 1. The number of unbranched alkanes of at least 4 members (excludes halogenated alkanes) is 2. The van der Waals surface area contributed by atoms with Crippen LogP contribution in [0.2, 0.25) is 0 Å². The molecule has 2 aromatic carbocycles. The van der Waals surface area contributed by atoms with Gasteiger partial charge in [0.15, 0.2) is 17.6 Å². The molecule has 11 heteroatoms. The highest BCUT2D eigenvalue weighted by Crippen LogP contribution is 2.39. The Labute approximate surface area is 274 Å². The van der Waals surface area contributed by atoms with Gasteiger partial charge in [-0.15, -0.1) is 11.3 Å². The van der Waals surface area contributed by atoms with Gasteiger partial charge in [-0.1, -0.05) is 19.8 Å². The molecule has 1 heterocycles. The third-order valence-electron chi connectivity index (χ3n) is 7.34. The molecule has 2 N–H and O–H groups in total. The van der Waals surface area contributed by atoms with Gasteiger partial charge in [0.25, 0.3) is 11.8 Å². The minimum absolute atomic E-state index is 0.263. The Hall–Kier alpha value is -4.38. The van der Waals surface area contributed by atoms with E-state index in [2.05, 4.69) is 22.8 Å². The topological polar surface area (TPSA) is 125 Å². The van der Waals surface area contributed by atoms with Crippen molar-refractivity contribution in [2.24, 2.45) is 5.10 Å². The van der Waals surface area contributed by atoms with Gasteiger partial charge in [-0.2, -0.15) is 5.10 Å². The lowest BCUT2D eigenvalue weighted by Crippen LogP contribution is -2.33. The molecule has 0 radical (unpaired) electrons. The van der Waals surface area contributed by atoms with Gasteiger partial charge in [-0.25, -0.2) is 10.2 Å². The van der Waals surface area contributed by atoms with Crippen molar-refractivity contribution in [2.45, 2.75) is 78.7 Å². The summed E-state index contributed by atoms with van der Waals surface area (Å²) in [6.07, 6.45) is 7.65. The molecule has 0 spiro atoms. The maximum atomic E-state index is 13.1. The van der Waals surface area contributed by atoms with Crippen LogP contribution in [0, 0.1) is 0 Å². The average Bonchev–Trinajstić information content (AvgIpc) is 3.42. The lowest BCUT2D eigenvalue weighted by molar-refractivity contribution is -0.127. The zero-order chi connectivity index (χ0) is 32.9. The molecule has 0 saturated carbocycles. The second-order valence-electron chi connectivity index (χ2n) is 10.8. The van der Waals surface area contributed by atoms with Crippen LogP contribution in [0.1, 0.15) is 96.5 Å². The third kappa shape index (κ3) is 9.32. The molecule has 3 aromatic rings. The predicted molar refractivity (Wildman–Crippen MR) is 180 cm³/mol. The molecule has 0 saturated heterocycles. The molecule has 1 unspecified atom stereocenters. The first-order chi connectivity index (χ1) is 22.3. The monoisotopic (exact) mass is 649 g/mol. The van der Waals surface area contributed by atoms with Crippen molar-refractivity contribution in [1.29, 1.82) is 0 Å². The van der Waals surface area contributed by atoms with Crippen molar-refractivity contribution in [1.82, 2.24) is 5.43 Å². The smallest absolute Gasteiger partial charge is 0.341 e. The Morgan fingerprint density at radius 3 is 2.48 bits per heavy atom. The van der Waals surface area contributed by atoms with Gasteiger partial charge < -0.3 is 24.3 Å². The van der Waals surface area contributed by atoms with E-state index in [0.717, 1.165) is 60.9 Å². The van der Waals surface area contributed by atoms with Crippen LogP contribution in [-0.4, -0.2) is 49.9 Å². The van der Waals surface area contributed by atoms with Gasteiger partial charge in [0.1, 0.15) is 10.8 Å². The molecular weight excluding hydrogens is 606 g/mol. The van der Waals surface area contributed by atoms with Gasteiger partial charge in [0, 0.05) is 10.4 Å². The van der Waals surface area contributed by atoms with Crippen LogP contribution in [0.5, 0.6) is 17.2 Å². The molecule has 1 aliphatic carbocycles. The molecule has 2 amide bonds. The predicted octanol–water partition coefficient (Wildman–Crippen LogP) is 6.94. The highest BCUT2D eigenvalue weighted by atomic mass is 32.1. The zero-order valence-corrected chi connectivity index (χ0v) is 27.8. The number of esters is 1. The van der Waals surface area contributed by atoms with Crippen molar-refractivity contribution >= 4 is 40.3 Å². The van der Waals surface area contributed by atoms with Gasteiger partial charge in [0.2, 0.25) is 0 Å². The lowest BCUT2D eigenvalue weighted by Gasteiger charge is -2.14. The molecule has 1 aliphatic rings. The van der Waals surface area contributed by atoms with E-state index in [1.54, 1.807) is 38.1 Å². The van der Waals surface area contributed by atoms with E-state index in [9.17, 15) is 14.4 Å². The van der Waals surface area contributed by atoms with E-state index in [1.807, 2.05) is 25.1 Å². The number of nitrogens with one attached hydrogen (secondary N) is 2. The van der Waals surface area contributed by atoms with Crippen LogP contribution in [0.4, 0.5) is 5.00 Å². The maximum absolute atomic E-state index is 13.1. The standard InChI is InChI=1S/C35H43N3O7S/c1-5-8-11-20-44-28-19-14-24(21-29(28)42-6-2)22-36-38-32(39)23(4)45-26-17-15-25(16-18-26)33(40)37-34-31(35(41)43-7-3)27-12-9-10-13-30(27)46-34/h14-19,21-23H,5-13,20H2,1-4H3,(H,37,40)(H,38,39)/b36-22+. The third-order valence-corrected chi connectivity index (χ3v) is 8.55. The highest BCUT2D eigenvalue weighted by Gasteiger charge is 2.27. The largest absolute Gasteiger partial charge is 0.490 e. The lowest BCUT2D eigenvalue weighted by atomic mass is 9.95. The van der Waals surface area contributed by atoms with E-state index < -0.39 is 18.0 Å². The zero-order valence-electron chi connectivity index (χ0n) is 27.0. The fraction of sp³-hybridized carbons (Fsp3) is 0.429. The summed E-state index contributed by atoms with van der Waals surface area (Å²) in [5, 5.41) is 7.49. The molecular formula is C35H43N3O7S. The summed E-state index contributed by atoms with van der Waals surface area (Å²) in [6.45, 7) is 8.81. The van der Waals surface area contributed by atoms with Crippen molar-refractivity contribution in [2.75, 3.05) is 25.1 Å². The first-order valence-corrected chi connectivity index (χ1v) is 16.8. The first kappa shape index (κ1) is 34.5. The number of aryl methyl sites for hydroxylation is 1. The molecule has 1 aromatic heterocycles. The number of benzene rings is 2. The SMILES string of the molecule is CCCCCOc1ccc(/C=N/NC(=O)C(C)Oc2ccc(C(=O)Nc3sc4c(c3C(=O)OCC)CCCC4)cc2)cc1OCC. The fourth-order valence-electron chi connectivity index (χ4n) is 4.98. The van der Waals surface area contributed by atoms with E-state index >= 15 is 0 Å². The van der Waals surface area contributed by atoms with E-state index in [0.29, 0.717) is 46.6 Å². The quantitative estimate of drug-likeness (QED) is 0.0745. The van der Waals surface area contributed by atoms with Gasteiger partial charge >= 0.3 is 5.97 Å². The molecule has 246 valence electrons. The maximum Gasteiger partial charge on any atom is 0.341 e. The fourth-order valence-corrected chi connectivity index (χ4v) is 6.25. The second-order valence-corrected chi connectivity index (χ2v) is 11.9. The second kappa shape index (κ2) is 17.4. The Kier molecular flexibility index (Phi) is 13.0. The molecule has 0 aliphatic heterocycles. The molecule has 0 fully saturated rings. The molecule has 4 rings (SSSR count). The number of amides is 2. The number of ether oxygens (including phenoxy) is 4. The number of hydrogen-bond donors (Lipinski definition) is 2. The van der Waals surface area contributed by atoms with E-state index in [4.69, 9.17) is 18.9 Å². The van der Waals surface area contributed by atoms with Crippen molar-refractivity contribution in [3.05, 3.63) is 69.6 Å². The number of carbonyl (C=O) groups is 3. The van der Waals surface area contributed by atoms with Crippen LogP contribution >= 0.6 is 11.3 Å². The molecule has 10 nitrogen and oxygen atoms in total. The Morgan fingerprint density at radius 2 is 1.74 bits per heavy atom. The first-order valence-electron chi connectivity index (χ1n) is 16.0. The van der Waals surface area contributed by atoms with Crippen LogP contribution in [0.3, 0.4) is 0 Å². The van der Waals surface area contributed by atoms with Crippen LogP contribution in [-0.2, 0) is 22.4 Å². The summed E-state index contributed by atoms with van der Waals surface area (Å²) in [6, 6.07) is 12.0. The number of hydrogen-bond acceptors (Lipinski definition) is 9. The van der Waals surface area contributed by atoms with Gasteiger partial charge in [0.05, 0.1) is 31.6 Å². The number of fused-ring (bicyclic) bond motifs is 1. The minimum atomic E-state index is -0.848. The Bertz CT molecular complexity index is 1520. The molecule has 1 atom stereocenters. The highest BCUT2D eigenvalue weighted by molar-refractivity contribution is 7.17. The number of carbonyl (C=O) groups excluding carboxylic acids is 3. The van der Waals surface area contributed by atoms with Gasteiger partial charge in [-0.3, -0.25) is 9.59 Å². The Morgan fingerprint density at radius 1 is 0.957 bits per heavy atom. The minimum Gasteiger partial charge on any atom is -0.490 e. The van der Waals surface area contributed by atoms with E-state index in [1.165, 1.54) is 17.6 Å². The Balaban J connectivity index is 1.31.